The summed E-state index contributed by atoms with van der Waals surface area (Å²) in [7, 11) is 0. The maximum Gasteiger partial charge on any atom is 0.247 e. The lowest BCUT2D eigenvalue weighted by atomic mass is 10.1. The highest BCUT2D eigenvalue weighted by molar-refractivity contribution is 6.43. The van der Waals surface area contributed by atoms with Gasteiger partial charge in [-0.25, -0.2) is 0 Å². The number of benzene rings is 1. The molecule has 1 rings (SSSR count). The summed E-state index contributed by atoms with van der Waals surface area (Å²) in [6.45, 7) is 3.65. The molecule has 0 saturated heterocycles. The Hall–Kier alpha value is -0.660. The number of hydrogen-bond acceptors (Lipinski definition) is 1. The average Bonchev–Trinajstić information content (AvgIpc) is 2.08. The Balaban J connectivity index is 2.83. The van der Waals surface area contributed by atoms with E-state index in [2.05, 4.69) is 6.58 Å². The van der Waals surface area contributed by atoms with Crippen LogP contribution in [-0.4, -0.2) is 5.02 Å². The first kappa shape index (κ1) is 10.4. The molecule has 0 heterocycles. The van der Waals surface area contributed by atoms with E-state index in [0.29, 0.717) is 5.75 Å². The Morgan fingerprint density at radius 2 is 2.08 bits per heavy atom. The highest BCUT2D eigenvalue weighted by Crippen LogP contribution is 2.21. The molecule has 0 spiro atoms. The van der Waals surface area contributed by atoms with Crippen molar-refractivity contribution in [3.63, 3.8) is 0 Å². The summed E-state index contributed by atoms with van der Waals surface area (Å²) in [6, 6.07) is 7.59. The average molecular weight is 217 g/mol. The highest BCUT2D eigenvalue weighted by Gasteiger charge is 2.04. The third kappa shape index (κ3) is 3.29. The van der Waals surface area contributed by atoms with Gasteiger partial charge in [-0.2, -0.15) is 0 Å². The molecule has 1 aromatic carbocycles. The molecular formula is C10H10Cl2O. The van der Waals surface area contributed by atoms with E-state index in [1.165, 1.54) is 0 Å². The summed E-state index contributed by atoms with van der Waals surface area (Å²) in [6.07, 6.45) is 2.55. The molecule has 0 aliphatic carbocycles. The van der Waals surface area contributed by atoms with Crippen molar-refractivity contribution in [3.8, 4) is 5.75 Å². The van der Waals surface area contributed by atoms with Crippen LogP contribution < -0.4 is 4.74 Å². The molecule has 0 N–H and O–H groups in total. The maximum atomic E-state index is 5.50. The van der Waals surface area contributed by atoms with E-state index in [9.17, 15) is 0 Å². The van der Waals surface area contributed by atoms with E-state index in [-0.39, 0.29) is 0 Å². The predicted molar refractivity (Wildman–Crippen MR) is 56.5 cm³/mol. The molecule has 0 bridgehead atoms. The van der Waals surface area contributed by atoms with Gasteiger partial charge in [0.05, 0.1) is 0 Å². The maximum absolute atomic E-state index is 5.50. The van der Waals surface area contributed by atoms with Crippen LogP contribution >= 0.6 is 23.2 Å². The van der Waals surface area contributed by atoms with E-state index in [0.717, 1.165) is 12.0 Å². The van der Waals surface area contributed by atoms with Gasteiger partial charge in [-0.1, -0.05) is 47.5 Å². The van der Waals surface area contributed by atoms with Crippen LogP contribution in [0, 0.1) is 0 Å². The largest absolute Gasteiger partial charge is 0.460 e. The van der Waals surface area contributed by atoms with Gasteiger partial charge in [0.2, 0.25) is 5.02 Å². The molecule has 0 atom stereocenters. The molecule has 13 heavy (non-hydrogen) atoms. The van der Waals surface area contributed by atoms with Gasteiger partial charge in [0.25, 0.3) is 0 Å². The fourth-order valence-electron chi connectivity index (χ4n) is 1.04. The first-order valence-corrected chi connectivity index (χ1v) is 4.75. The van der Waals surface area contributed by atoms with Crippen molar-refractivity contribution >= 4 is 23.2 Å². The first-order valence-electron chi connectivity index (χ1n) is 3.87. The van der Waals surface area contributed by atoms with Crippen LogP contribution in [0.25, 0.3) is 0 Å². The first-order chi connectivity index (χ1) is 6.24. The Kier molecular flexibility index (Phi) is 4.13. The van der Waals surface area contributed by atoms with E-state index < -0.39 is 5.02 Å². The van der Waals surface area contributed by atoms with Crippen LogP contribution in [0.2, 0.25) is 0 Å². The molecule has 0 unspecified atom stereocenters. The number of rotatable bonds is 4. The summed E-state index contributed by atoms with van der Waals surface area (Å²) in [5.74, 6) is 0.706. The third-order valence-corrected chi connectivity index (χ3v) is 1.73. The van der Waals surface area contributed by atoms with Gasteiger partial charge in [0.1, 0.15) is 5.75 Å². The zero-order chi connectivity index (χ0) is 9.68. The van der Waals surface area contributed by atoms with Gasteiger partial charge in [0, 0.05) is 0 Å². The number of alkyl halides is 2. The number of halogens is 2. The fraction of sp³-hybridized carbons (Fsp3) is 0.200. The summed E-state index contributed by atoms with van der Waals surface area (Å²) >= 11 is 11.0. The van der Waals surface area contributed by atoms with Gasteiger partial charge in [-0.15, -0.1) is 6.58 Å². The second kappa shape index (κ2) is 5.15. The molecule has 0 saturated carbocycles. The van der Waals surface area contributed by atoms with Crippen molar-refractivity contribution in [1.29, 1.82) is 0 Å². The van der Waals surface area contributed by atoms with Gasteiger partial charge < -0.3 is 4.74 Å². The smallest absolute Gasteiger partial charge is 0.247 e. The van der Waals surface area contributed by atoms with E-state index in [1.54, 1.807) is 6.08 Å². The summed E-state index contributed by atoms with van der Waals surface area (Å²) in [5.41, 5.74) is 1.03. The third-order valence-electron chi connectivity index (χ3n) is 1.55. The van der Waals surface area contributed by atoms with E-state index >= 15 is 0 Å². The van der Waals surface area contributed by atoms with Crippen LogP contribution in [0.4, 0.5) is 0 Å². The lowest BCUT2D eigenvalue weighted by molar-refractivity contribution is 0.351. The van der Waals surface area contributed by atoms with Crippen LogP contribution in [0.15, 0.2) is 36.9 Å². The van der Waals surface area contributed by atoms with Gasteiger partial charge in [-0.3, -0.25) is 0 Å². The number of ether oxygens (including phenoxy) is 1. The predicted octanol–water partition coefficient (Wildman–Crippen LogP) is 3.56. The lowest BCUT2D eigenvalue weighted by Gasteiger charge is -2.09. The summed E-state index contributed by atoms with van der Waals surface area (Å²) < 4.78 is 5.18. The summed E-state index contributed by atoms with van der Waals surface area (Å²) in [4.78, 5) is 0. The Morgan fingerprint density at radius 1 is 1.38 bits per heavy atom. The molecular weight excluding hydrogens is 207 g/mol. The molecule has 0 amide bonds. The van der Waals surface area contributed by atoms with Crippen LogP contribution in [0.5, 0.6) is 5.75 Å². The molecule has 0 fully saturated rings. The Morgan fingerprint density at radius 3 is 2.69 bits per heavy atom. The SMILES string of the molecule is C=CCc1ccccc1OC(Cl)Cl. The second-order valence-electron chi connectivity index (χ2n) is 2.48. The van der Waals surface area contributed by atoms with Crippen molar-refractivity contribution in [2.75, 3.05) is 0 Å². The minimum atomic E-state index is -0.828. The number of para-hydroxylation sites is 1. The highest BCUT2D eigenvalue weighted by atomic mass is 35.5. The van der Waals surface area contributed by atoms with Crippen molar-refractivity contribution in [3.05, 3.63) is 42.5 Å². The normalized spacial score (nSPS) is 10.1. The lowest BCUT2D eigenvalue weighted by Crippen LogP contribution is -2.01. The fourth-order valence-corrected chi connectivity index (χ4v) is 1.23. The minimum absolute atomic E-state index is 0.706. The van der Waals surface area contributed by atoms with Crippen molar-refractivity contribution in [1.82, 2.24) is 0 Å². The summed E-state index contributed by atoms with van der Waals surface area (Å²) in [5, 5.41) is -0.828. The number of hydrogen-bond donors (Lipinski definition) is 0. The Labute approximate surface area is 87.9 Å². The molecule has 3 heteroatoms. The minimum Gasteiger partial charge on any atom is -0.460 e. The van der Waals surface area contributed by atoms with E-state index in [1.807, 2.05) is 24.3 Å². The zero-order valence-corrected chi connectivity index (χ0v) is 8.55. The molecule has 0 aliphatic heterocycles. The molecule has 70 valence electrons. The van der Waals surface area contributed by atoms with Crippen LogP contribution in [0.3, 0.4) is 0 Å². The van der Waals surface area contributed by atoms with Gasteiger partial charge in [-0.05, 0) is 18.1 Å². The second-order valence-corrected chi connectivity index (χ2v) is 3.50. The van der Waals surface area contributed by atoms with Crippen molar-refractivity contribution in [2.24, 2.45) is 0 Å². The zero-order valence-electron chi connectivity index (χ0n) is 7.04. The molecule has 0 radical (unpaired) electrons. The van der Waals surface area contributed by atoms with Gasteiger partial charge in [0.15, 0.2) is 0 Å². The molecule has 0 aromatic heterocycles. The van der Waals surface area contributed by atoms with Crippen LogP contribution in [0.1, 0.15) is 5.56 Å². The molecule has 1 nitrogen and oxygen atoms in total. The van der Waals surface area contributed by atoms with E-state index in [4.69, 9.17) is 27.9 Å². The Bertz CT molecular complexity index is 284. The number of allylic oxidation sites excluding steroid dienone is 1. The monoisotopic (exact) mass is 216 g/mol. The molecule has 0 aliphatic rings. The van der Waals surface area contributed by atoms with Crippen LogP contribution in [-0.2, 0) is 6.42 Å². The van der Waals surface area contributed by atoms with Crippen molar-refractivity contribution in [2.45, 2.75) is 11.4 Å². The van der Waals surface area contributed by atoms with Gasteiger partial charge >= 0.3 is 0 Å². The topological polar surface area (TPSA) is 9.23 Å². The standard InChI is InChI=1S/C10H10Cl2O/c1-2-5-8-6-3-4-7-9(8)13-10(11)12/h2-4,6-7,10H,1,5H2. The quantitative estimate of drug-likeness (QED) is 0.553. The van der Waals surface area contributed by atoms with Crippen molar-refractivity contribution < 1.29 is 4.74 Å². The molecule has 1 aromatic rings.